The summed E-state index contributed by atoms with van der Waals surface area (Å²) in [5.74, 6) is 0. The van der Waals surface area contributed by atoms with Crippen LogP contribution in [0.3, 0.4) is 0 Å². The number of nitrogens with one attached hydrogen (secondary N) is 3. The van der Waals surface area contributed by atoms with E-state index in [9.17, 15) is 0 Å². The number of nitrogens with zero attached hydrogens (tertiary/aromatic N) is 2. The molecule has 0 unspecified atom stereocenters. The Labute approximate surface area is 80.7 Å². The zero-order chi connectivity index (χ0) is 10.1. The molecule has 0 amide bonds. The predicted molar refractivity (Wildman–Crippen MR) is 55.7 cm³/mol. The molecule has 13 heavy (non-hydrogen) atoms. The third kappa shape index (κ3) is 7.89. The van der Waals surface area contributed by atoms with Gasteiger partial charge >= 0.3 is 0 Å². The number of rotatable bonds is 7. The second-order valence-corrected chi connectivity index (χ2v) is 2.72. The monoisotopic (exact) mass is 187 g/mol. The van der Waals surface area contributed by atoms with Gasteiger partial charge in [0.1, 0.15) is 0 Å². The van der Waals surface area contributed by atoms with Gasteiger partial charge < -0.3 is 0 Å². The van der Waals surface area contributed by atoms with Crippen molar-refractivity contribution < 1.29 is 0 Å². The second-order valence-electron chi connectivity index (χ2n) is 2.72. The van der Waals surface area contributed by atoms with Gasteiger partial charge in [-0.25, -0.2) is 15.9 Å². The van der Waals surface area contributed by atoms with Gasteiger partial charge in [-0.1, -0.05) is 12.2 Å². The Bertz CT molecular complexity index is 136. The summed E-state index contributed by atoms with van der Waals surface area (Å²) in [4.78, 5) is 0. The molecule has 0 radical (unpaired) electrons. The van der Waals surface area contributed by atoms with E-state index in [1.807, 2.05) is 38.3 Å². The Kier molecular flexibility index (Phi) is 7.86. The van der Waals surface area contributed by atoms with Crippen LogP contribution in [0.25, 0.3) is 0 Å². The summed E-state index contributed by atoms with van der Waals surface area (Å²) >= 11 is 0. The van der Waals surface area contributed by atoms with Gasteiger partial charge in [0.2, 0.25) is 0 Å². The second kappa shape index (κ2) is 8.15. The molecule has 5 nitrogen and oxygen atoms in total. The average Bonchev–Trinajstić information content (AvgIpc) is 2.16. The predicted octanol–water partition coefficient (Wildman–Crippen LogP) is -0.820. The minimum atomic E-state index is 0.828. The molecule has 0 rings (SSSR count). The highest BCUT2D eigenvalue weighted by Crippen LogP contribution is 1.76. The maximum Gasteiger partial charge on any atom is 0.0308 e. The van der Waals surface area contributed by atoms with Gasteiger partial charge in [-0.2, -0.15) is 5.12 Å². The topological polar surface area (TPSA) is 42.6 Å². The van der Waals surface area contributed by atoms with Crippen molar-refractivity contribution in [1.29, 1.82) is 0 Å². The van der Waals surface area contributed by atoms with E-state index in [0.29, 0.717) is 0 Å². The van der Waals surface area contributed by atoms with Crippen molar-refractivity contribution in [3.63, 3.8) is 0 Å². The first-order valence-electron chi connectivity index (χ1n) is 4.38. The molecule has 78 valence electrons. The fraction of sp³-hybridized carbons (Fsp3) is 0.750. The largest absolute Gasteiger partial charge is 0.258 e. The minimum absolute atomic E-state index is 0.828. The molecule has 0 aliphatic heterocycles. The summed E-state index contributed by atoms with van der Waals surface area (Å²) < 4.78 is 0. The maximum absolute atomic E-state index is 3.12. The molecule has 0 aliphatic carbocycles. The molecule has 0 aliphatic rings. The van der Waals surface area contributed by atoms with Crippen LogP contribution in [-0.2, 0) is 0 Å². The fourth-order valence-corrected chi connectivity index (χ4v) is 0.676. The highest BCUT2D eigenvalue weighted by atomic mass is 15.7. The van der Waals surface area contributed by atoms with Crippen molar-refractivity contribution >= 4 is 0 Å². The van der Waals surface area contributed by atoms with Gasteiger partial charge in [-0.3, -0.25) is 5.43 Å². The molecule has 0 saturated heterocycles. The number of hydrogen-bond acceptors (Lipinski definition) is 5. The third-order valence-electron chi connectivity index (χ3n) is 1.71. The molecule has 0 bridgehead atoms. The lowest BCUT2D eigenvalue weighted by Crippen LogP contribution is -2.42. The highest BCUT2D eigenvalue weighted by molar-refractivity contribution is 4.84. The van der Waals surface area contributed by atoms with Crippen molar-refractivity contribution in [2.24, 2.45) is 0 Å². The first kappa shape index (κ1) is 12.5. The van der Waals surface area contributed by atoms with Gasteiger partial charge in [0.05, 0.1) is 0 Å². The molecule has 0 aromatic heterocycles. The third-order valence-corrected chi connectivity index (χ3v) is 1.71. The van der Waals surface area contributed by atoms with Gasteiger partial charge in [0.15, 0.2) is 0 Å². The van der Waals surface area contributed by atoms with E-state index in [4.69, 9.17) is 0 Å². The van der Waals surface area contributed by atoms with Crippen molar-refractivity contribution in [2.75, 3.05) is 41.3 Å². The van der Waals surface area contributed by atoms with Crippen LogP contribution in [0.15, 0.2) is 12.2 Å². The minimum Gasteiger partial charge on any atom is -0.258 e. The molecule has 0 atom stereocenters. The van der Waals surface area contributed by atoms with E-state index in [1.54, 1.807) is 0 Å². The molecule has 0 heterocycles. The lowest BCUT2D eigenvalue weighted by molar-refractivity contribution is 0.182. The zero-order valence-electron chi connectivity index (χ0n) is 8.96. The fourth-order valence-electron chi connectivity index (χ4n) is 0.676. The average molecular weight is 187 g/mol. The zero-order valence-corrected chi connectivity index (χ0v) is 8.96. The van der Waals surface area contributed by atoms with Crippen LogP contribution in [0.1, 0.15) is 0 Å². The van der Waals surface area contributed by atoms with Crippen LogP contribution in [0.2, 0.25) is 0 Å². The number of hydrazine groups is 3. The highest BCUT2D eigenvalue weighted by Gasteiger charge is 1.88. The Morgan fingerprint density at radius 3 is 2.31 bits per heavy atom. The van der Waals surface area contributed by atoms with Gasteiger partial charge in [0.25, 0.3) is 0 Å². The molecular weight excluding hydrogens is 166 g/mol. The first-order chi connectivity index (χ1) is 6.20. The molecule has 0 saturated carbocycles. The van der Waals surface area contributed by atoms with E-state index >= 15 is 0 Å². The number of likely N-dealkylation sites (N-methyl/N-ethyl adjacent to an activating group) is 1. The van der Waals surface area contributed by atoms with Crippen molar-refractivity contribution in [2.45, 2.75) is 0 Å². The first-order valence-corrected chi connectivity index (χ1v) is 4.38. The van der Waals surface area contributed by atoms with Gasteiger partial charge in [-0.15, -0.1) is 0 Å². The van der Waals surface area contributed by atoms with Crippen LogP contribution in [0, 0.1) is 0 Å². The Hall–Kier alpha value is -0.460. The smallest absolute Gasteiger partial charge is 0.0308 e. The molecule has 0 fully saturated rings. The van der Waals surface area contributed by atoms with E-state index < -0.39 is 0 Å². The summed E-state index contributed by atoms with van der Waals surface area (Å²) in [5, 5.41) is 3.81. The van der Waals surface area contributed by atoms with Crippen molar-refractivity contribution in [3.8, 4) is 0 Å². The van der Waals surface area contributed by atoms with E-state index in [1.165, 1.54) is 0 Å². The lowest BCUT2D eigenvalue weighted by Gasteiger charge is -2.15. The molecule has 5 heteroatoms. The van der Waals surface area contributed by atoms with Gasteiger partial charge in [0, 0.05) is 34.2 Å². The molecule has 0 aromatic carbocycles. The van der Waals surface area contributed by atoms with Crippen LogP contribution in [0.5, 0.6) is 0 Å². The van der Waals surface area contributed by atoms with Gasteiger partial charge in [-0.05, 0) is 7.05 Å². The van der Waals surface area contributed by atoms with Crippen LogP contribution in [0.4, 0.5) is 0 Å². The summed E-state index contributed by atoms with van der Waals surface area (Å²) in [7, 11) is 7.69. The van der Waals surface area contributed by atoms with Crippen LogP contribution in [-0.4, -0.2) is 51.4 Å². The Balaban J connectivity index is 3.31. The van der Waals surface area contributed by atoms with Crippen molar-refractivity contribution in [3.05, 3.63) is 12.2 Å². The lowest BCUT2D eigenvalue weighted by atomic mass is 10.5. The summed E-state index contributed by atoms with van der Waals surface area (Å²) in [6, 6.07) is 0. The molecule has 0 aromatic rings. The van der Waals surface area contributed by atoms with E-state index in [2.05, 4.69) is 28.4 Å². The van der Waals surface area contributed by atoms with E-state index in [-0.39, 0.29) is 0 Å². The summed E-state index contributed by atoms with van der Waals surface area (Å²) in [6.45, 7) is 1.73. The normalized spacial score (nSPS) is 12.2. The summed E-state index contributed by atoms with van der Waals surface area (Å²) in [6.07, 6.45) is 4.19. The Morgan fingerprint density at radius 2 is 1.77 bits per heavy atom. The summed E-state index contributed by atoms with van der Waals surface area (Å²) in [5.41, 5.74) is 9.08. The molecule has 0 spiro atoms. The maximum atomic E-state index is 3.12. The quantitative estimate of drug-likeness (QED) is 0.359. The molecular formula is C8H21N5. The SMILES string of the molecule is CNN(C)C/C=C/CNN(C)NC. The molecule has 3 N–H and O–H groups in total. The number of hydrogen-bond donors (Lipinski definition) is 3. The van der Waals surface area contributed by atoms with E-state index in [0.717, 1.165) is 13.1 Å². The van der Waals surface area contributed by atoms with Crippen molar-refractivity contribution in [1.82, 2.24) is 26.4 Å². The Morgan fingerprint density at radius 1 is 1.08 bits per heavy atom. The standard InChI is InChI=1S/C8H21N5/c1-9-12(3)8-6-5-7-11-13(4)10-2/h5-6,9-11H,7-8H2,1-4H3/b6-5+. The van der Waals surface area contributed by atoms with Crippen LogP contribution < -0.4 is 16.3 Å². The van der Waals surface area contributed by atoms with Crippen LogP contribution >= 0.6 is 0 Å².